The fourth-order valence-electron chi connectivity index (χ4n) is 0.417. The van der Waals surface area contributed by atoms with E-state index in [-0.39, 0.29) is 0 Å². The highest BCUT2D eigenvalue weighted by molar-refractivity contribution is 5.71. The van der Waals surface area contributed by atoms with Crippen molar-refractivity contribution in [3.63, 3.8) is 0 Å². The van der Waals surface area contributed by atoms with E-state index in [1.54, 1.807) is 17.3 Å². The molecule has 1 rings (SSSR count). The summed E-state index contributed by atoms with van der Waals surface area (Å²) in [6.45, 7) is 3.69. The minimum atomic E-state index is 0.847. The molecule has 1 aliphatic rings. The standard InChI is InChI=1S/C5H7N3/c1-5-7-3-6-4-8(5)2/h3-4H,1H2,2H3/p+1. The van der Waals surface area contributed by atoms with Gasteiger partial charge in [0.25, 0.3) is 0 Å². The van der Waals surface area contributed by atoms with E-state index in [4.69, 9.17) is 0 Å². The second kappa shape index (κ2) is 1.78. The number of hydrogen-bond acceptors (Lipinski definition) is 2. The monoisotopic (exact) mass is 110 g/mol. The van der Waals surface area contributed by atoms with Gasteiger partial charge in [0.05, 0.1) is 7.05 Å². The van der Waals surface area contributed by atoms with Gasteiger partial charge in [0.1, 0.15) is 0 Å². The highest BCUT2D eigenvalue weighted by Gasteiger charge is 2.01. The summed E-state index contributed by atoms with van der Waals surface area (Å²) in [7, 11) is 1.88. The van der Waals surface area contributed by atoms with Crippen LogP contribution in [0, 0.1) is 0 Å². The van der Waals surface area contributed by atoms with Gasteiger partial charge in [-0.1, -0.05) is 4.99 Å². The van der Waals surface area contributed by atoms with Crippen molar-refractivity contribution in [2.75, 3.05) is 7.05 Å². The summed E-state index contributed by atoms with van der Waals surface area (Å²) in [4.78, 5) is 3.81. The molecule has 3 heteroatoms. The highest BCUT2D eigenvalue weighted by atomic mass is 15.2. The molecule has 0 aromatic heterocycles. The van der Waals surface area contributed by atoms with Gasteiger partial charge in [0.15, 0.2) is 0 Å². The molecule has 0 bridgehead atoms. The number of nitrogens with zero attached hydrogens (tertiary/aromatic N) is 2. The third-order valence-corrected chi connectivity index (χ3v) is 0.971. The normalized spacial score (nSPS) is 17.6. The Hall–Kier alpha value is -1.12. The van der Waals surface area contributed by atoms with Gasteiger partial charge in [-0.15, -0.1) is 0 Å². The molecule has 0 saturated heterocycles. The second-order valence-electron chi connectivity index (χ2n) is 1.60. The molecule has 8 heavy (non-hydrogen) atoms. The summed E-state index contributed by atoms with van der Waals surface area (Å²) >= 11 is 0. The molecule has 0 aromatic rings. The minimum Gasteiger partial charge on any atom is -0.250 e. The molecular formula is C5H8N3+. The smallest absolute Gasteiger partial charge is 0.228 e. The van der Waals surface area contributed by atoms with Gasteiger partial charge in [-0.05, 0) is 6.58 Å². The van der Waals surface area contributed by atoms with Crippen LogP contribution < -0.4 is 5.32 Å². The number of hydrogen-bond donors (Lipinski definition) is 1. The van der Waals surface area contributed by atoms with E-state index in [0.29, 0.717) is 0 Å². The Morgan fingerprint density at radius 1 is 1.88 bits per heavy atom. The minimum absolute atomic E-state index is 0.847. The van der Waals surface area contributed by atoms with Gasteiger partial charge in [0.2, 0.25) is 18.5 Å². The van der Waals surface area contributed by atoms with Gasteiger partial charge in [-0.25, -0.2) is 4.58 Å². The lowest BCUT2D eigenvalue weighted by atomic mass is 10.7. The maximum atomic E-state index is 3.81. The molecular weight excluding hydrogens is 102 g/mol. The van der Waals surface area contributed by atoms with Crippen LogP contribution >= 0.6 is 0 Å². The van der Waals surface area contributed by atoms with E-state index < -0.39 is 0 Å². The first-order chi connectivity index (χ1) is 3.80. The summed E-state index contributed by atoms with van der Waals surface area (Å²) in [5.41, 5.74) is 0. The summed E-state index contributed by atoms with van der Waals surface area (Å²) in [6.07, 6.45) is 3.29. The van der Waals surface area contributed by atoms with E-state index in [0.717, 1.165) is 5.82 Å². The Kier molecular flexibility index (Phi) is 1.12. The first kappa shape index (κ1) is 5.03. The molecule has 0 fully saturated rings. The third kappa shape index (κ3) is 0.753. The van der Waals surface area contributed by atoms with Crippen molar-refractivity contribution in [2.45, 2.75) is 0 Å². The first-order valence-corrected chi connectivity index (χ1v) is 2.34. The Balaban J connectivity index is 2.80. The molecule has 0 unspecified atom stereocenters. The molecule has 0 spiro atoms. The van der Waals surface area contributed by atoms with Crippen LogP contribution in [0.25, 0.3) is 0 Å². The lowest BCUT2D eigenvalue weighted by Crippen LogP contribution is -2.23. The molecule has 0 saturated carbocycles. The fraction of sp³-hybridized carbons (Fsp3) is 0.200. The van der Waals surface area contributed by atoms with Crippen molar-refractivity contribution >= 4 is 12.7 Å². The lowest BCUT2D eigenvalue weighted by Gasteiger charge is -2.01. The molecule has 42 valence electrons. The summed E-state index contributed by atoms with van der Waals surface area (Å²) in [6, 6.07) is 0. The Bertz CT molecular complexity index is 167. The summed E-state index contributed by atoms with van der Waals surface area (Å²) in [5, 5.41) is 2.84. The predicted molar refractivity (Wildman–Crippen MR) is 33.0 cm³/mol. The summed E-state index contributed by atoms with van der Waals surface area (Å²) in [5.74, 6) is 0.847. The average molecular weight is 110 g/mol. The average Bonchev–Trinajstić information content (AvgIpc) is 1.77. The van der Waals surface area contributed by atoms with Crippen molar-refractivity contribution < 1.29 is 4.58 Å². The van der Waals surface area contributed by atoms with Gasteiger partial charge in [0, 0.05) is 0 Å². The SMILES string of the molecule is C=C1NC=NC=[N+]1C. The highest BCUT2D eigenvalue weighted by Crippen LogP contribution is 1.83. The predicted octanol–water partition coefficient (Wildman–Crippen LogP) is -0.240. The van der Waals surface area contributed by atoms with Crippen molar-refractivity contribution in [3.8, 4) is 0 Å². The van der Waals surface area contributed by atoms with Gasteiger partial charge < -0.3 is 0 Å². The topological polar surface area (TPSA) is 27.4 Å². The van der Waals surface area contributed by atoms with Crippen molar-refractivity contribution in [1.82, 2.24) is 5.32 Å². The zero-order valence-electron chi connectivity index (χ0n) is 4.76. The van der Waals surface area contributed by atoms with Crippen LogP contribution in [0.3, 0.4) is 0 Å². The largest absolute Gasteiger partial charge is 0.250 e. The fourth-order valence-corrected chi connectivity index (χ4v) is 0.417. The van der Waals surface area contributed by atoms with E-state index in [2.05, 4.69) is 16.9 Å². The van der Waals surface area contributed by atoms with Crippen LogP contribution in [-0.4, -0.2) is 24.3 Å². The van der Waals surface area contributed by atoms with Crippen molar-refractivity contribution in [3.05, 3.63) is 12.4 Å². The van der Waals surface area contributed by atoms with Gasteiger partial charge >= 0.3 is 0 Å². The molecule has 1 N–H and O–H groups in total. The van der Waals surface area contributed by atoms with E-state index in [9.17, 15) is 0 Å². The second-order valence-corrected chi connectivity index (χ2v) is 1.60. The molecule has 0 atom stereocenters. The molecule has 0 aliphatic carbocycles. The van der Waals surface area contributed by atoms with Crippen molar-refractivity contribution in [1.29, 1.82) is 0 Å². The van der Waals surface area contributed by atoms with Crippen LogP contribution in [0.1, 0.15) is 0 Å². The van der Waals surface area contributed by atoms with E-state index in [1.807, 2.05) is 7.05 Å². The van der Waals surface area contributed by atoms with Crippen LogP contribution in [0.5, 0.6) is 0 Å². The molecule has 3 nitrogen and oxygen atoms in total. The molecule has 1 aliphatic heterocycles. The van der Waals surface area contributed by atoms with Crippen molar-refractivity contribution in [2.24, 2.45) is 4.99 Å². The Morgan fingerprint density at radius 2 is 2.62 bits per heavy atom. The molecule has 0 radical (unpaired) electrons. The maximum absolute atomic E-state index is 3.81. The zero-order valence-corrected chi connectivity index (χ0v) is 4.76. The molecule has 1 heterocycles. The third-order valence-electron chi connectivity index (χ3n) is 0.971. The van der Waals surface area contributed by atoms with Crippen LogP contribution in [-0.2, 0) is 0 Å². The molecule has 0 amide bonds. The Morgan fingerprint density at radius 3 is 3.00 bits per heavy atom. The van der Waals surface area contributed by atoms with Crippen LogP contribution in [0.4, 0.5) is 0 Å². The van der Waals surface area contributed by atoms with Crippen LogP contribution in [0.15, 0.2) is 17.4 Å². The number of nitrogens with one attached hydrogen (secondary N) is 1. The first-order valence-electron chi connectivity index (χ1n) is 2.34. The maximum Gasteiger partial charge on any atom is 0.228 e. The van der Waals surface area contributed by atoms with Gasteiger partial charge in [-0.2, -0.15) is 0 Å². The van der Waals surface area contributed by atoms with Crippen LogP contribution in [0.2, 0.25) is 0 Å². The number of rotatable bonds is 0. The molecule has 0 aromatic carbocycles. The number of aliphatic imine (C=N–C) groups is 1. The lowest BCUT2D eigenvalue weighted by molar-refractivity contribution is -0.444. The van der Waals surface area contributed by atoms with E-state index in [1.165, 1.54) is 0 Å². The zero-order chi connectivity index (χ0) is 5.98. The van der Waals surface area contributed by atoms with E-state index >= 15 is 0 Å². The summed E-state index contributed by atoms with van der Waals surface area (Å²) < 4.78 is 1.81. The van der Waals surface area contributed by atoms with Gasteiger partial charge in [-0.3, -0.25) is 5.32 Å². The Labute approximate surface area is 48.1 Å². The quantitative estimate of drug-likeness (QED) is 0.428.